The Balaban J connectivity index is 1.29. The number of carbonyl (C=O) groups is 1. The number of fused-ring (bicyclic) bond motifs is 1. The quantitative estimate of drug-likeness (QED) is 0.398. The van der Waals surface area contributed by atoms with E-state index in [2.05, 4.69) is 31.5 Å². The summed E-state index contributed by atoms with van der Waals surface area (Å²) in [7, 11) is 0. The second kappa shape index (κ2) is 9.33. The molecule has 0 aliphatic carbocycles. The van der Waals surface area contributed by atoms with Crippen LogP contribution in [0.2, 0.25) is 0 Å². The largest absolute Gasteiger partial charge is 0.467 e. The Kier molecular flexibility index (Phi) is 6.13. The maximum Gasteiger partial charge on any atom is 0.236 e. The zero-order chi connectivity index (χ0) is 21.9. The molecule has 5 rings (SSSR count). The van der Waals surface area contributed by atoms with E-state index in [0.717, 1.165) is 47.9 Å². The molecule has 4 heterocycles. The summed E-state index contributed by atoms with van der Waals surface area (Å²) in [5.41, 5.74) is 2.07. The number of benzene rings is 1. The summed E-state index contributed by atoms with van der Waals surface area (Å²) in [5, 5.41) is 13.1. The van der Waals surface area contributed by atoms with E-state index in [9.17, 15) is 4.79 Å². The number of aryl methyl sites for hydroxylation is 1. The molecule has 1 N–H and O–H groups in total. The Morgan fingerprint density at radius 1 is 1.22 bits per heavy atom. The standard InChI is InChI=1S/C22H24N6O2S2/c1-15-7-8-17-18(12-15)32-20(23-17)24-19(29)14-31-22-26-25-21(27-9-3-2-4-10-27)28(22)13-16-6-5-11-30-16/h5-8,11-12H,2-4,9-10,13-14H2,1H3,(H,23,24,29). The van der Waals surface area contributed by atoms with E-state index in [4.69, 9.17) is 4.42 Å². The lowest BCUT2D eigenvalue weighted by Crippen LogP contribution is -2.32. The molecule has 0 atom stereocenters. The number of amides is 1. The Morgan fingerprint density at radius 3 is 2.91 bits per heavy atom. The Bertz CT molecular complexity index is 1210. The van der Waals surface area contributed by atoms with Crippen LogP contribution in [0, 0.1) is 6.92 Å². The minimum atomic E-state index is -0.113. The first-order valence-electron chi connectivity index (χ1n) is 10.7. The van der Waals surface area contributed by atoms with Crippen molar-refractivity contribution in [2.75, 3.05) is 29.1 Å². The summed E-state index contributed by atoms with van der Waals surface area (Å²) >= 11 is 2.86. The van der Waals surface area contributed by atoms with E-state index in [-0.39, 0.29) is 11.7 Å². The zero-order valence-corrected chi connectivity index (χ0v) is 19.4. The van der Waals surface area contributed by atoms with Crippen molar-refractivity contribution >= 4 is 50.3 Å². The van der Waals surface area contributed by atoms with Crippen LogP contribution >= 0.6 is 23.1 Å². The van der Waals surface area contributed by atoms with Crippen molar-refractivity contribution in [3.05, 3.63) is 47.9 Å². The maximum absolute atomic E-state index is 12.6. The number of nitrogens with one attached hydrogen (secondary N) is 1. The fourth-order valence-corrected chi connectivity index (χ4v) is 5.50. The van der Waals surface area contributed by atoms with Gasteiger partial charge in [-0.25, -0.2) is 4.98 Å². The van der Waals surface area contributed by atoms with Gasteiger partial charge in [-0.3, -0.25) is 9.36 Å². The first-order chi connectivity index (χ1) is 15.7. The third-order valence-corrected chi connectivity index (χ3v) is 7.25. The number of hydrogen-bond donors (Lipinski definition) is 1. The van der Waals surface area contributed by atoms with Crippen molar-refractivity contribution in [3.63, 3.8) is 0 Å². The van der Waals surface area contributed by atoms with Gasteiger partial charge in [-0.15, -0.1) is 10.2 Å². The number of anilines is 2. The molecule has 1 aliphatic rings. The van der Waals surface area contributed by atoms with Crippen molar-refractivity contribution in [2.45, 2.75) is 37.9 Å². The van der Waals surface area contributed by atoms with Gasteiger partial charge < -0.3 is 14.6 Å². The van der Waals surface area contributed by atoms with Crippen LogP contribution in [0.3, 0.4) is 0 Å². The molecule has 10 heteroatoms. The summed E-state index contributed by atoms with van der Waals surface area (Å²) in [6.07, 6.45) is 5.22. The van der Waals surface area contributed by atoms with Crippen LogP contribution in [-0.4, -0.2) is 44.5 Å². The van der Waals surface area contributed by atoms with E-state index < -0.39 is 0 Å². The van der Waals surface area contributed by atoms with Crippen LogP contribution in [-0.2, 0) is 11.3 Å². The highest BCUT2D eigenvalue weighted by molar-refractivity contribution is 7.99. The Morgan fingerprint density at radius 2 is 2.09 bits per heavy atom. The number of piperidine rings is 1. The van der Waals surface area contributed by atoms with Crippen molar-refractivity contribution in [2.24, 2.45) is 0 Å². The molecule has 166 valence electrons. The molecule has 0 saturated carbocycles. The van der Waals surface area contributed by atoms with E-state index >= 15 is 0 Å². The first-order valence-corrected chi connectivity index (χ1v) is 12.5. The maximum atomic E-state index is 12.6. The summed E-state index contributed by atoms with van der Waals surface area (Å²) < 4.78 is 8.67. The molecule has 0 radical (unpaired) electrons. The highest BCUT2D eigenvalue weighted by Crippen LogP contribution is 2.28. The van der Waals surface area contributed by atoms with Gasteiger partial charge in [-0.2, -0.15) is 0 Å². The zero-order valence-electron chi connectivity index (χ0n) is 17.8. The van der Waals surface area contributed by atoms with E-state index in [1.807, 2.05) is 35.8 Å². The molecule has 1 aliphatic heterocycles. The summed E-state index contributed by atoms with van der Waals surface area (Å²) in [6.45, 7) is 4.52. The summed E-state index contributed by atoms with van der Waals surface area (Å²) in [4.78, 5) is 19.4. The Labute approximate surface area is 194 Å². The van der Waals surface area contributed by atoms with Gasteiger partial charge in [-0.05, 0) is 56.0 Å². The second-order valence-corrected chi connectivity index (χ2v) is 9.80. The highest BCUT2D eigenvalue weighted by atomic mass is 32.2. The molecule has 1 aromatic carbocycles. The number of rotatable bonds is 7. The smallest absolute Gasteiger partial charge is 0.236 e. The van der Waals surface area contributed by atoms with E-state index in [1.54, 1.807) is 6.26 Å². The summed E-state index contributed by atoms with van der Waals surface area (Å²) in [6, 6.07) is 9.90. The second-order valence-electron chi connectivity index (χ2n) is 7.82. The van der Waals surface area contributed by atoms with Gasteiger partial charge in [0, 0.05) is 13.1 Å². The van der Waals surface area contributed by atoms with Crippen molar-refractivity contribution < 1.29 is 9.21 Å². The lowest BCUT2D eigenvalue weighted by Gasteiger charge is -2.27. The van der Waals surface area contributed by atoms with Gasteiger partial charge >= 0.3 is 0 Å². The molecular weight excluding hydrogens is 444 g/mol. The number of carbonyl (C=O) groups excluding carboxylic acids is 1. The predicted octanol–water partition coefficient (Wildman–Crippen LogP) is 4.56. The van der Waals surface area contributed by atoms with E-state index in [1.165, 1.54) is 35.1 Å². The first kappa shape index (κ1) is 21.0. The number of hydrogen-bond acceptors (Lipinski definition) is 8. The number of aromatic nitrogens is 4. The molecule has 4 aromatic rings. The van der Waals surface area contributed by atoms with Gasteiger partial charge in [0.15, 0.2) is 10.3 Å². The molecular formula is C22H24N6O2S2. The van der Waals surface area contributed by atoms with Crippen LogP contribution in [0.25, 0.3) is 10.2 Å². The minimum absolute atomic E-state index is 0.113. The van der Waals surface area contributed by atoms with Crippen molar-refractivity contribution in [1.29, 1.82) is 0 Å². The molecule has 3 aromatic heterocycles. The topological polar surface area (TPSA) is 89.1 Å². The normalized spacial score (nSPS) is 14.2. The van der Waals surface area contributed by atoms with Crippen LogP contribution < -0.4 is 10.2 Å². The average molecular weight is 469 g/mol. The Hall–Kier alpha value is -2.85. The highest BCUT2D eigenvalue weighted by Gasteiger charge is 2.22. The SMILES string of the molecule is Cc1ccc2nc(NC(=O)CSc3nnc(N4CCCCC4)n3Cc3ccco3)sc2c1. The fraction of sp³-hybridized carbons (Fsp3) is 0.364. The van der Waals surface area contributed by atoms with Gasteiger partial charge in [0.25, 0.3) is 0 Å². The van der Waals surface area contributed by atoms with Gasteiger partial charge in [0.05, 0.1) is 28.8 Å². The molecule has 0 spiro atoms. The third kappa shape index (κ3) is 4.66. The van der Waals surface area contributed by atoms with E-state index in [0.29, 0.717) is 16.8 Å². The van der Waals surface area contributed by atoms with Crippen LogP contribution in [0.4, 0.5) is 11.1 Å². The summed E-state index contributed by atoms with van der Waals surface area (Å²) in [5.74, 6) is 1.79. The molecule has 1 fully saturated rings. The predicted molar refractivity (Wildman–Crippen MR) is 128 cm³/mol. The number of nitrogens with zero attached hydrogens (tertiary/aromatic N) is 5. The van der Waals surface area contributed by atoms with Gasteiger partial charge in [0.1, 0.15) is 5.76 Å². The van der Waals surface area contributed by atoms with Gasteiger partial charge in [-0.1, -0.05) is 29.2 Å². The number of thioether (sulfide) groups is 1. The third-order valence-electron chi connectivity index (χ3n) is 5.35. The monoisotopic (exact) mass is 468 g/mol. The number of furan rings is 1. The van der Waals surface area contributed by atoms with Crippen molar-refractivity contribution in [3.8, 4) is 0 Å². The average Bonchev–Trinajstić information content (AvgIpc) is 3.53. The van der Waals surface area contributed by atoms with Gasteiger partial charge in [0.2, 0.25) is 11.9 Å². The van der Waals surface area contributed by atoms with Crippen LogP contribution in [0.5, 0.6) is 0 Å². The fourth-order valence-electron chi connectivity index (χ4n) is 3.78. The van der Waals surface area contributed by atoms with Crippen molar-refractivity contribution in [1.82, 2.24) is 19.7 Å². The lowest BCUT2D eigenvalue weighted by molar-refractivity contribution is -0.113. The molecule has 1 amide bonds. The minimum Gasteiger partial charge on any atom is -0.467 e. The number of thiazole rings is 1. The molecule has 8 nitrogen and oxygen atoms in total. The molecule has 1 saturated heterocycles. The molecule has 32 heavy (non-hydrogen) atoms. The lowest BCUT2D eigenvalue weighted by atomic mass is 10.1. The van der Waals surface area contributed by atoms with Crippen LogP contribution in [0.1, 0.15) is 30.6 Å². The van der Waals surface area contributed by atoms with Crippen LogP contribution in [0.15, 0.2) is 46.2 Å². The molecule has 0 bridgehead atoms. The molecule has 0 unspecified atom stereocenters.